The van der Waals surface area contributed by atoms with E-state index in [-0.39, 0.29) is 11.3 Å². The molecule has 0 heterocycles. The van der Waals surface area contributed by atoms with E-state index in [1.165, 1.54) is 18.2 Å². The van der Waals surface area contributed by atoms with Crippen molar-refractivity contribution in [2.45, 2.75) is 0 Å². The Morgan fingerprint density at radius 2 is 2.00 bits per heavy atom. The number of hydrogen-bond donors (Lipinski definition) is 3. The van der Waals surface area contributed by atoms with Gasteiger partial charge >= 0.3 is 10.4 Å². The van der Waals surface area contributed by atoms with Crippen molar-refractivity contribution in [2.75, 3.05) is 0 Å². The monoisotopic (exact) mass is 233 g/mol. The highest BCUT2D eigenvalue weighted by Crippen LogP contribution is 2.26. The van der Waals surface area contributed by atoms with E-state index in [2.05, 4.69) is 9.44 Å². The summed E-state index contributed by atoms with van der Waals surface area (Å²) >= 11 is 0. The summed E-state index contributed by atoms with van der Waals surface area (Å²) < 4.78 is 31.9. The smallest absolute Gasteiger partial charge is 0.466 e. The zero-order valence-electron chi connectivity index (χ0n) is 7.23. The Labute approximate surface area is 85.2 Å². The first-order valence-corrected chi connectivity index (χ1v) is 4.97. The standard InChI is InChI=1S/C7H7NO6S/c9-6-3-1-2-5(7(6)10)4-8-14-15(11,12)13/h1-4,9-10H,(H,11,12,13)/b8-4+. The summed E-state index contributed by atoms with van der Waals surface area (Å²) in [5.41, 5.74) is 0.0404. The molecule has 0 amide bonds. The van der Waals surface area contributed by atoms with Crippen molar-refractivity contribution in [1.29, 1.82) is 0 Å². The highest BCUT2D eigenvalue weighted by molar-refractivity contribution is 7.80. The number of nitrogens with zero attached hydrogens (tertiary/aromatic N) is 1. The molecule has 0 fully saturated rings. The molecule has 0 atom stereocenters. The summed E-state index contributed by atoms with van der Waals surface area (Å²) in [7, 11) is -4.66. The molecule has 0 aliphatic heterocycles. The van der Waals surface area contributed by atoms with Gasteiger partial charge < -0.3 is 10.2 Å². The van der Waals surface area contributed by atoms with Crippen molar-refractivity contribution < 1.29 is 27.5 Å². The van der Waals surface area contributed by atoms with Crippen LogP contribution in [0.5, 0.6) is 11.5 Å². The van der Waals surface area contributed by atoms with E-state index in [9.17, 15) is 13.5 Å². The van der Waals surface area contributed by atoms with Crippen LogP contribution in [0.3, 0.4) is 0 Å². The molecule has 0 aliphatic rings. The topological polar surface area (TPSA) is 116 Å². The molecular formula is C7H7NO6S. The van der Waals surface area contributed by atoms with Gasteiger partial charge in [-0.25, -0.2) is 4.28 Å². The fourth-order valence-corrected chi connectivity index (χ4v) is 0.937. The molecule has 8 heteroatoms. The molecule has 1 rings (SSSR count). The second-order valence-electron chi connectivity index (χ2n) is 2.45. The number of aromatic hydroxyl groups is 2. The van der Waals surface area contributed by atoms with E-state index in [4.69, 9.17) is 9.66 Å². The lowest BCUT2D eigenvalue weighted by Gasteiger charge is -1.99. The average molecular weight is 233 g/mol. The highest BCUT2D eigenvalue weighted by atomic mass is 32.3. The first-order valence-electron chi connectivity index (χ1n) is 3.60. The van der Waals surface area contributed by atoms with E-state index < -0.39 is 16.1 Å². The first-order chi connectivity index (χ1) is 6.90. The maximum Gasteiger partial charge on any atom is 0.466 e. The van der Waals surface area contributed by atoms with Crippen molar-refractivity contribution in [3.63, 3.8) is 0 Å². The number of hydrogen-bond acceptors (Lipinski definition) is 6. The van der Waals surface area contributed by atoms with E-state index in [0.29, 0.717) is 0 Å². The molecule has 1 aromatic rings. The fraction of sp³-hybridized carbons (Fsp3) is 0. The maximum absolute atomic E-state index is 10.1. The Bertz CT molecular complexity index is 480. The van der Waals surface area contributed by atoms with Gasteiger partial charge in [0.25, 0.3) is 0 Å². The average Bonchev–Trinajstić information content (AvgIpc) is 2.10. The quantitative estimate of drug-likeness (QED) is 0.298. The van der Waals surface area contributed by atoms with E-state index in [0.717, 1.165) is 6.21 Å². The molecule has 0 bridgehead atoms. The molecule has 82 valence electrons. The number of oxime groups is 1. The molecule has 0 aliphatic carbocycles. The van der Waals surface area contributed by atoms with Crippen LogP contribution in [0.1, 0.15) is 5.56 Å². The van der Waals surface area contributed by atoms with Crippen molar-refractivity contribution in [3.05, 3.63) is 23.8 Å². The number of phenols is 2. The molecule has 1 aromatic carbocycles. The van der Waals surface area contributed by atoms with Gasteiger partial charge in [-0.2, -0.15) is 8.42 Å². The molecule has 0 saturated carbocycles. The fourth-order valence-electron chi connectivity index (χ4n) is 0.786. The second-order valence-corrected chi connectivity index (χ2v) is 3.46. The van der Waals surface area contributed by atoms with Gasteiger partial charge in [-0.05, 0) is 12.1 Å². The van der Waals surface area contributed by atoms with Crippen LogP contribution in [0, 0.1) is 0 Å². The van der Waals surface area contributed by atoms with Gasteiger partial charge in [0, 0.05) is 5.56 Å². The van der Waals surface area contributed by atoms with Crippen LogP contribution in [0.4, 0.5) is 0 Å². The van der Waals surface area contributed by atoms with Gasteiger partial charge in [0.15, 0.2) is 11.5 Å². The predicted octanol–water partition coefficient (Wildman–Crippen LogP) is 0.251. The first kappa shape index (κ1) is 11.3. The highest BCUT2D eigenvalue weighted by Gasteiger charge is 2.05. The minimum atomic E-state index is -4.66. The summed E-state index contributed by atoms with van der Waals surface area (Å²) in [6.45, 7) is 0. The Hall–Kier alpha value is -1.80. The summed E-state index contributed by atoms with van der Waals surface area (Å²) in [6.07, 6.45) is 0.822. The summed E-state index contributed by atoms with van der Waals surface area (Å²) in [4.78, 5) is 0. The minimum absolute atomic E-state index is 0.0404. The third-order valence-corrected chi connectivity index (χ3v) is 1.65. The molecule has 7 nitrogen and oxygen atoms in total. The third kappa shape index (κ3) is 3.44. The predicted molar refractivity (Wildman–Crippen MR) is 50.0 cm³/mol. The van der Waals surface area contributed by atoms with Crippen molar-refractivity contribution >= 4 is 16.6 Å². The molecule has 0 aromatic heterocycles. The van der Waals surface area contributed by atoms with Crippen molar-refractivity contribution in [2.24, 2.45) is 5.16 Å². The number of phenolic OH excluding ortho intramolecular Hbond substituents is 2. The largest absolute Gasteiger partial charge is 0.504 e. The number of benzene rings is 1. The molecule has 0 radical (unpaired) electrons. The SMILES string of the molecule is O=S(=O)(O)O/N=C/c1cccc(O)c1O. The van der Waals surface area contributed by atoms with Crippen LogP contribution in [-0.2, 0) is 14.7 Å². The zero-order chi connectivity index (χ0) is 11.5. The van der Waals surface area contributed by atoms with Crippen LogP contribution in [0.2, 0.25) is 0 Å². The lowest BCUT2D eigenvalue weighted by atomic mass is 10.2. The van der Waals surface area contributed by atoms with E-state index in [1.807, 2.05) is 0 Å². The normalized spacial score (nSPS) is 11.8. The van der Waals surface area contributed by atoms with Crippen molar-refractivity contribution in [1.82, 2.24) is 0 Å². The molecule has 0 saturated heterocycles. The second kappa shape index (κ2) is 4.15. The van der Waals surface area contributed by atoms with Crippen LogP contribution in [0.15, 0.2) is 23.4 Å². The van der Waals surface area contributed by atoms with Gasteiger partial charge in [-0.1, -0.05) is 11.2 Å². The molecule has 0 unspecified atom stereocenters. The van der Waals surface area contributed by atoms with Gasteiger partial charge in [-0.3, -0.25) is 4.55 Å². The molecular weight excluding hydrogens is 226 g/mol. The third-order valence-electron chi connectivity index (χ3n) is 1.37. The van der Waals surface area contributed by atoms with Gasteiger partial charge in [0.05, 0.1) is 6.21 Å². The summed E-state index contributed by atoms with van der Waals surface area (Å²) in [5.74, 6) is -0.856. The summed E-state index contributed by atoms with van der Waals surface area (Å²) in [5, 5.41) is 21.1. The van der Waals surface area contributed by atoms with E-state index >= 15 is 0 Å². The van der Waals surface area contributed by atoms with Gasteiger partial charge in [0.2, 0.25) is 0 Å². The number of para-hydroxylation sites is 1. The lowest BCUT2D eigenvalue weighted by Crippen LogP contribution is -1.98. The Balaban J connectivity index is 2.86. The van der Waals surface area contributed by atoms with Gasteiger partial charge in [0.1, 0.15) is 0 Å². The van der Waals surface area contributed by atoms with Crippen molar-refractivity contribution in [3.8, 4) is 11.5 Å². The van der Waals surface area contributed by atoms with Crippen LogP contribution in [-0.4, -0.2) is 29.4 Å². The van der Waals surface area contributed by atoms with E-state index in [1.54, 1.807) is 0 Å². The zero-order valence-corrected chi connectivity index (χ0v) is 8.05. The lowest BCUT2D eigenvalue weighted by molar-refractivity contribution is 0.284. The summed E-state index contributed by atoms with van der Waals surface area (Å²) in [6, 6.07) is 3.99. The maximum atomic E-state index is 10.1. The number of rotatable bonds is 3. The Kier molecular flexibility index (Phi) is 3.12. The molecule has 3 N–H and O–H groups in total. The Morgan fingerprint density at radius 3 is 2.60 bits per heavy atom. The Morgan fingerprint density at radius 1 is 1.33 bits per heavy atom. The van der Waals surface area contributed by atoms with Gasteiger partial charge in [-0.15, -0.1) is 0 Å². The molecule has 0 spiro atoms. The minimum Gasteiger partial charge on any atom is -0.504 e. The van der Waals surface area contributed by atoms with Crippen LogP contribution < -0.4 is 0 Å². The molecule has 15 heavy (non-hydrogen) atoms. The van der Waals surface area contributed by atoms with Crippen LogP contribution in [0.25, 0.3) is 0 Å². The van der Waals surface area contributed by atoms with Crippen LogP contribution >= 0.6 is 0 Å².